The van der Waals surface area contributed by atoms with Crippen molar-refractivity contribution in [2.45, 2.75) is 31.8 Å². The molecule has 1 N–H and O–H groups in total. The van der Waals surface area contributed by atoms with Crippen LogP contribution in [0.1, 0.15) is 36.5 Å². The first kappa shape index (κ1) is 10.4. The van der Waals surface area contributed by atoms with Gasteiger partial charge in [-0.15, -0.1) is 0 Å². The Labute approximate surface area is 88.7 Å². The minimum absolute atomic E-state index is 0.259. The third-order valence-electron chi connectivity index (χ3n) is 2.95. The van der Waals surface area contributed by atoms with Crippen molar-refractivity contribution < 1.29 is 14.2 Å². The molecule has 2 nitrogen and oxygen atoms in total. The molecule has 0 aromatic heterocycles. The van der Waals surface area contributed by atoms with Gasteiger partial charge in [0.15, 0.2) is 0 Å². The van der Waals surface area contributed by atoms with Crippen LogP contribution in [0.2, 0.25) is 0 Å². The molecule has 82 valence electrons. The summed E-state index contributed by atoms with van der Waals surface area (Å²) in [6.07, 6.45) is 2.75. The number of methoxy groups -OCH3 is 1. The molecule has 0 fully saturated rings. The molecular weight excluding hydrogens is 195 g/mol. The Bertz CT molecular complexity index is 363. The number of rotatable bonds is 1. The number of aliphatic hydroxyl groups is 1. The second-order valence-corrected chi connectivity index (χ2v) is 3.94. The highest BCUT2D eigenvalue weighted by atomic mass is 19.1. The van der Waals surface area contributed by atoms with Crippen LogP contribution in [-0.2, 0) is 6.42 Å². The molecule has 0 aliphatic heterocycles. The predicted molar refractivity (Wildman–Crippen MR) is 55.5 cm³/mol. The lowest BCUT2D eigenvalue weighted by Gasteiger charge is -2.13. The van der Waals surface area contributed by atoms with Crippen molar-refractivity contribution >= 4 is 0 Å². The number of fused-ring (bicyclic) bond motifs is 1. The van der Waals surface area contributed by atoms with E-state index in [2.05, 4.69) is 0 Å². The van der Waals surface area contributed by atoms with E-state index in [0.29, 0.717) is 29.7 Å². The van der Waals surface area contributed by atoms with Gasteiger partial charge >= 0.3 is 0 Å². The molecule has 2 rings (SSSR count). The molecule has 0 unspecified atom stereocenters. The Morgan fingerprint density at radius 2 is 2.20 bits per heavy atom. The summed E-state index contributed by atoms with van der Waals surface area (Å²) in [5, 5.41) is 9.86. The average molecular weight is 210 g/mol. The van der Waals surface area contributed by atoms with E-state index in [-0.39, 0.29) is 5.82 Å². The van der Waals surface area contributed by atoms with Gasteiger partial charge in [0.2, 0.25) is 0 Å². The fraction of sp³-hybridized carbons (Fsp3) is 0.500. The van der Waals surface area contributed by atoms with Gasteiger partial charge in [-0.2, -0.15) is 0 Å². The van der Waals surface area contributed by atoms with Gasteiger partial charge in [-0.3, -0.25) is 0 Å². The molecule has 0 spiro atoms. The zero-order valence-corrected chi connectivity index (χ0v) is 8.79. The molecule has 1 aliphatic carbocycles. The van der Waals surface area contributed by atoms with Gasteiger partial charge < -0.3 is 9.84 Å². The van der Waals surface area contributed by atoms with Gasteiger partial charge in [0.05, 0.1) is 13.2 Å². The van der Waals surface area contributed by atoms with E-state index in [1.807, 2.05) is 0 Å². The van der Waals surface area contributed by atoms with Crippen LogP contribution in [-0.4, -0.2) is 12.2 Å². The summed E-state index contributed by atoms with van der Waals surface area (Å²) in [4.78, 5) is 0. The van der Waals surface area contributed by atoms with Crippen LogP contribution in [0.5, 0.6) is 5.75 Å². The van der Waals surface area contributed by atoms with E-state index in [1.54, 1.807) is 6.07 Å². The lowest BCUT2D eigenvalue weighted by atomic mass is 10.00. The van der Waals surface area contributed by atoms with Crippen LogP contribution >= 0.6 is 0 Å². The highest BCUT2D eigenvalue weighted by Crippen LogP contribution is 2.33. The molecule has 0 bridgehead atoms. The van der Waals surface area contributed by atoms with Crippen molar-refractivity contribution in [3.8, 4) is 5.75 Å². The topological polar surface area (TPSA) is 29.5 Å². The molecule has 0 radical (unpaired) electrons. The summed E-state index contributed by atoms with van der Waals surface area (Å²) in [5.41, 5.74) is 1.35. The van der Waals surface area contributed by atoms with Crippen molar-refractivity contribution in [2.24, 2.45) is 0 Å². The maximum atomic E-state index is 13.7. The highest BCUT2D eigenvalue weighted by molar-refractivity contribution is 5.39. The van der Waals surface area contributed by atoms with Crippen LogP contribution in [0.25, 0.3) is 0 Å². The molecule has 1 atom stereocenters. The van der Waals surface area contributed by atoms with Crippen molar-refractivity contribution in [2.75, 3.05) is 7.11 Å². The van der Waals surface area contributed by atoms with E-state index >= 15 is 0 Å². The largest absolute Gasteiger partial charge is 0.497 e. The second-order valence-electron chi connectivity index (χ2n) is 3.94. The quantitative estimate of drug-likeness (QED) is 0.722. The van der Waals surface area contributed by atoms with Crippen LogP contribution < -0.4 is 4.74 Å². The summed E-state index contributed by atoms with van der Waals surface area (Å²) in [7, 11) is 1.50. The van der Waals surface area contributed by atoms with Crippen molar-refractivity contribution in [3.05, 3.63) is 29.1 Å². The van der Waals surface area contributed by atoms with Crippen molar-refractivity contribution in [3.63, 3.8) is 0 Å². The Morgan fingerprint density at radius 3 is 2.93 bits per heavy atom. The van der Waals surface area contributed by atoms with Crippen LogP contribution in [0.4, 0.5) is 4.39 Å². The number of halogens is 1. The summed E-state index contributed by atoms with van der Waals surface area (Å²) in [6.45, 7) is 0. The van der Waals surface area contributed by atoms with Crippen molar-refractivity contribution in [1.82, 2.24) is 0 Å². The Morgan fingerprint density at radius 1 is 1.40 bits per heavy atom. The van der Waals surface area contributed by atoms with E-state index in [0.717, 1.165) is 12.8 Å². The maximum Gasteiger partial charge on any atom is 0.130 e. The van der Waals surface area contributed by atoms with E-state index < -0.39 is 6.10 Å². The smallest absolute Gasteiger partial charge is 0.130 e. The van der Waals surface area contributed by atoms with Gasteiger partial charge in [-0.1, -0.05) is 6.42 Å². The van der Waals surface area contributed by atoms with Crippen LogP contribution in [0.3, 0.4) is 0 Å². The van der Waals surface area contributed by atoms with Gasteiger partial charge in [-0.25, -0.2) is 4.39 Å². The molecule has 0 saturated carbocycles. The summed E-state index contributed by atoms with van der Waals surface area (Å²) < 4.78 is 18.7. The molecule has 0 heterocycles. The standard InChI is InChI=1S/C12H15FO2/c1-15-8-6-10-9(11(13)7-8)4-2-3-5-12(10)14/h6-7,12,14H,2-5H2,1H3/t12-/m0/s1. The lowest BCUT2D eigenvalue weighted by Crippen LogP contribution is -2.02. The van der Waals surface area contributed by atoms with Gasteiger partial charge in [0, 0.05) is 6.07 Å². The highest BCUT2D eigenvalue weighted by Gasteiger charge is 2.20. The van der Waals surface area contributed by atoms with Gasteiger partial charge in [-0.05, 0) is 36.5 Å². The first-order valence-corrected chi connectivity index (χ1v) is 5.26. The SMILES string of the molecule is COc1cc(F)c2c(c1)[C@@H](O)CCCC2. The summed E-state index contributed by atoms with van der Waals surface area (Å²) in [5.74, 6) is 0.220. The average Bonchev–Trinajstić information content (AvgIpc) is 2.41. The number of hydrogen-bond acceptors (Lipinski definition) is 2. The van der Waals surface area contributed by atoms with E-state index in [9.17, 15) is 9.50 Å². The third-order valence-corrected chi connectivity index (χ3v) is 2.95. The minimum atomic E-state index is -0.549. The lowest BCUT2D eigenvalue weighted by molar-refractivity contribution is 0.166. The molecule has 0 amide bonds. The molecule has 1 aromatic carbocycles. The second kappa shape index (κ2) is 4.19. The Hall–Kier alpha value is -1.09. The number of ether oxygens (including phenoxy) is 1. The zero-order valence-electron chi connectivity index (χ0n) is 8.79. The van der Waals surface area contributed by atoms with E-state index in [1.165, 1.54) is 13.2 Å². The summed E-state index contributed by atoms with van der Waals surface area (Å²) in [6, 6.07) is 3.13. The molecule has 1 aromatic rings. The first-order chi connectivity index (χ1) is 7.22. The van der Waals surface area contributed by atoms with Crippen LogP contribution in [0.15, 0.2) is 12.1 Å². The monoisotopic (exact) mass is 210 g/mol. The van der Waals surface area contributed by atoms with Gasteiger partial charge in [0.25, 0.3) is 0 Å². The molecular formula is C12H15FO2. The fourth-order valence-electron chi connectivity index (χ4n) is 2.11. The Balaban J connectivity index is 2.50. The zero-order chi connectivity index (χ0) is 10.8. The van der Waals surface area contributed by atoms with E-state index in [4.69, 9.17) is 4.74 Å². The molecule has 1 aliphatic rings. The normalized spacial score (nSPS) is 20.6. The maximum absolute atomic E-state index is 13.7. The predicted octanol–water partition coefficient (Wildman–Crippen LogP) is 2.59. The summed E-state index contributed by atoms with van der Waals surface area (Å²) >= 11 is 0. The minimum Gasteiger partial charge on any atom is -0.497 e. The fourth-order valence-corrected chi connectivity index (χ4v) is 2.11. The molecule has 15 heavy (non-hydrogen) atoms. The van der Waals surface area contributed by atoms with Gasteiger partial charge in [0.1, 0.15) is 11.6 Å². The molecule has 3 heteroatoms. The third kappa shape index (κ3) is 1.97. The number of aliphatic hydroxyl groups excluding tert-OH is 1. The number of benzene rings is 1. The number of hydrogen-bond donors (Lipinski definition) is 1. The first-order valence-electron chi connectivity index (χ1n) is 5.26. The van der Waals surface area contributed by atoms with Crippen LogP contribution in [0, 0.1) is 5.82 Å². The van der Waals surface area contributed by atoms with Crippen molar-refractivity contribution in [1.29, 1.82) is 0 Å². The molecule has 0 saturated heterocycles. The Kier molecular flexibility index (Phi) is 2.91.